The van der Waals surface area contributed by atoms with Gasteiger partial charge < -0.3 is 9.47 Å². The molecule has 200 valence electrons. The summed E-state index contributed by atoms with van der Waals surface area (Å²) < 4.78 is 66.0. The van der Waals surface area contributed by atoms with Crippen LogP contribution >= 0.6 is 11.6 Å². The van der Waals surface area contributed by atoms with Gasteiger partial charge in [0.15, 0.2) is 0 Å². The van der Waals surface area contributed by atoms with Crippen molar-refractivity contribution >= 4 is 29.4 Å². The van der Waals surface area contributed by atoms with E-state index in [0.29, 0.717) is 9.13 Å². The molecule has 1 aromatic heterocycles. The Labute approximate surface area is 216 Å². The Balaban J connectivity index is 1.88. The van der Waals surface area contributed by atoms with Crippen LogP contribution in [0.1, 0.15) is 28.4 Å². The van der Waals surface area contributed by atoms with E-state index in [-0.39, 0.29) is 31.0 Å². The standard InChI is InChI=1S/C24H18ClF4N3O6/c1-2-37-21(34)15-12-31(18-7-6-14(10-17(18)26)30-8-9-38-23(30)36)22(35)32(20(15)33)11-13-4-3-5-16(19(13)25)24(27,28)29/h3-7,10,12H,2,8-9,11H2,1H3. The minimum Gasteiger partial charge on any atom is -0.462 e. The predicted molar refractivity (Wildman–Crippen MR) is 126 cm³/mol. The first-order chi connectivity index (χ1) is 17.9. The van der Waals surface area contributed by atoms with Gasteiger partial charge in [-0.2, -0.15) is 13.2 Å². The maximum Gasteiger partial charge on any atom is 0.417 e. The lowest BCUT2D eigenvalue weighted by atomic mass is 10.1. The minimum atomic E-state index is -4.81. The summed E-state index contributed by atoms with van der Waals surface area (Å²) in [5.74, 6) is -2.13. The van der Waals surface area contributed by atoms with Crippen molar-refractivity contribution in [3.63, 3.8) is 0 Å². The molecule has 4 rings (SSSR count). The zero-order chi connectivity index (χ0) is 27.8. The lowest BCUT2D eigenvalue weighted by Gasteiger charge is -2.17. The molecule has 14 heteroatoms. The first kappa shape index (κ1) is 26.9. The third-order valence-corrected chi connectivity index (χ3v) is 6.09. The van der Waals surface area contributed by atoms with Crippen molar-refractivity contribution in [1.29, 1.82) is 0 Å². The monoisotopic (exact) mass is 555 g/mol. The van der Waals surface area contributed by atoms with Crippen LogP contribution in [0.4, 0.5) is 28.0 Å². The van der Waals surface area contributed by atoms with Crippen molar-refractivity contribution in [1.82, 2.24) is 9.13 Å². The third kappa shape index (κ3) is 5.01. The van der Waals surface area contributed by atoms with Crippen LogP contribution in [-0.2, 0) is 22.2 Å². The van der Waals surface area contributed by atoms with Gasteiger partial charge in [0, 0.05) is 6.20 Å². The van der Waals surface area contributed by atoms with E-state index in [4.69, 9.17) is 21.1 Å². The Morgan fingerprint density at radius 2 is 1.89 bits per heavy atom. The summed E-state index contributed by atoms with van der Waals surface area (Å²) in [7, 11) is 0. The molecular weight excluding hydrogens is 538 g/mol. The molecule has 0 spiro atoms. The molecule has 1 fully saturated rings. The van der Waals surface area contributed by atoms with E-state index < -0.39 is 63.7 Å². The number of alkyl halides is 3. The second-order valence-corrected chi connectivity index (χ2v) is 8.36. The summed E-state index contributed by atoms with van der Waals surface area (Å²) in [6.45, 7) is 0.857. The highest BCUT2D eigenvalue weighted by molar-refractivity contribution is 6.32. The zero-order valence-electron chi connectivity index (χ0n) is 19.6. The smallest absolute Gasteiger partial charge is 0.417 e. The fraction of sp³-hybridized carbons (Fsp3) is 0.250. The lowest BCUT2D eigenvalue weighted by molar-refractivity contribution is -0.137. The van der Waals surface area contributed by atoms with Crippen molar-refractivity contribution in [3.8, 4) is 5.69 Å². The van der Waals surface area contributed by atoms with Crippen LogP contribution in [0.3, 0.4) is 0 Å². The van der Waals surface area contributed by atoms with Crippen LogP contribution in [0.15, 0.2) is 52.2 Å². The number of carbonyl (C=O) groups is 2. The van der Waals surface area contributed by atoms with Crippen LogP contribution in [0.2, 0.25) is 5.02 Å². The maximum atomic E-state index is 15.2. The van der Waals surface area contributed by atoms with Crippen LogP contribution in [0.5, 0.6) is 0 Å². The number of benzene rings is 2. The molecule has 9 nitrogen and oxygen atoms in total. The van der Waals surface area contributed by atoms with Gasteiger partial charge in [-0.3, -0.25) is 18.8 Å². The van der Waals surface area contributed by atoms with Crippen molar-refractivity contribution < 1.29 is 36.6 Å². The highest BCUT2D eigenvalue weighted by Crippen LogP contribution is 2.36. The molecule has 2 heterocycles. The number of esters is 1. The highest BCUT2D eigenvalue weighted by atomic mass is 35.5. The Morgan fingerprint density at radius 3 is 2.50 bits per heavy atom. The van der Waals surface area contributed by atoms with E-state index in [2.05, 4.69) is 0 Å². The quantitative estimate of drug-likeness (QED) is 0.337. The van der Waals surface area contributed by atoms with Crippen molar-refractivity contribution in [2.24, 2.45) is 0 Å². The molecule has 38 heavy (non-hydrogen) atoms. The number of anilines is 1. The summed E-state index contributed by atoms with van der Waals surface area (Å²) in [4.78, 5) is 51.8. The molecule has 0 bridgehead atoms. The molecule has 1 amide bonds. The average molecular weight is 556 g/mol. The number of amides is 1. The first-order valence-corrected chi connectivity index (χ1v) is 11.4. The number of carbonyl (C=O) groups excluding carboxylic acids is 2. The summed E-state index contributed by atoms with van der Waals surface area (Å²) in [6.07, 6.45) is -4.71. The van der Waals surface area contributed by atoms with Crippen molar-refractivity contribution in [3.05, 3.63) is 91.0 Å². The second-order valence-electron chi connectivity index (χ2n) is 7.99. The molecule has 0 unspecified atom stereocenters. The Morgan fingerprint density at radius 1 is 1.16 bits per heavy atom. The molecule has 0 N–H and O–H groups in total. The second kappa shape index (κ2) is 10.3. The zero-order valence-corrected chi connectivity index (χ0v) is 20.3. The largest absolute Gasteiger partial charge is 0.462 e. The number of hydrogen-bond donors (Lipinski definition) is 0. The Bertz CT molecular complexity index is 1550. The van der Waals surface area contributed by atoms with Gasteiger partial charge in [-0.1, -0.05) is 23.7 Å². The van der Waals surface area contributed by atoms with Gasteiger partial charge in [0.25, 0.3) is 5.56 Å². The van der Waals surface area contributed by atoms with Crippen LogP contribution in [0.25, 0.3) is 5.69 Å². The van der Waals surface area contributed by atoms with Gasteiger partial charge in [0.2, 0.25) is 0 Å². The van der Waals surface area contributed by atoms with E-state index in [1.165, 1.54) is 19.1 Å². The van der Waals surface area contributed by atoms with Gasteiger partial charge in [0.1, 0.15) is 18.0 Å². The average Bonchev–Trinajstić information content (AvgIpc) is 3.28. The number of cyclic esters (lactones) is 1. The van der Waals surface area contributed by atoms with E-state index in [9.17, 15) is 32.3 Å². The number of halogens is 5. The molecule has 2 aromatic carbocycles. The maximum absolute atomic E-state index is 15.2. The summed E-state index contributed by atoms with van der Waals surface area (Å²) in [5.41, 5.74) is -4.69. The fourth-order valence-corrected chi connectivity index (χ4v) is 4.13. The molecule has 3 aromatic rings. The Kier molecular flexibility index (Phi) is 7.31. The summed E-state index contributed by atoms with van der Waals surface area (Å²) in [6, 6.07) is 6.37. The molecular formula is C24H18ClF4N3O6. The number of aromatic nitrogens is 2. The fourth-order valence-electron chi connectivity index (χ4n) is 3.84. The SMILES string of the molecule is CCOC(=O)c1cn(-c2ccc(N3CCOC3=O)cc2F)c(=O)n(Cc2cccc(C(F)(F)F)c2Cl)c1=O. The number of ether oxygens (including phenoxy) is 2. The van der Waals surface area contributed by atoms with Crippen LogP contribution in [-0.4, -0.2) is 41.0 Å². The molecule has 0 saturated carbocycles. The highest BCUT2D eigenvalue weighted by Gasteiger charge is 2.34. The molecule has 0 atom stereocenters. The molecule has 0 aliphatic carbocycles. The van der Waals surface area contributed by atoms with Gasteiger partial charge >= 0.3 is 23.9 Å². The van der Waals surface area contributed by atoms with Gasteiger partial charge in [-0.05, 0) is 36.8 Å². The molecule has 0 radical (unpaired) electrons. The van der Waals surface area contributed by atoms with Crippen LogP contribution in [0, 0.1) is 5.82 Å². The number of nitrogens with zero attached hydrogens (tertiary/aromatic N) is 3. The van der Waals surface area contributed by atoms with E-state index in [1.807, 2.05) is 0 Å². The summed E-state index contributed by atoms with van der Waals surface area (Å²) in [5, 5.41) is -0.743. The van der Waals surface area contributed by atoms with Gasteiger partial charge in [-0.25, -0.2) is 18.8 Å². The third-order valence-electron chi connectivity index (χ3n) is 5.64. The Hall–Kier alpha value is -4.13. The normalized spacial score (nSPS) is 13.5. The van der Waals surface area contributed by atoms with E-state index in [0.717, 1.165) is 35.4 Å². The predicted octanol–water partition coefficient (Wildman–Crippen LogP) is 3.99. The summed E-state index contributed by atoms with van der Waals surface area (Å²) >= 11 is 5.94. The van der Waals surface area contributed by atoms with Crippen LogP contribution < -0.4 is 16.1 Å². The molecule has 1 saturated heterocycles. The first-order valence-electron chi connectivity index (χ1n) is 11.1. The van der Waals surface area contributed by atoms with E-state index in [1.54, 1.807) is 0 Å². The number of rotatable bonds is 6. The minimum absolute atomic E-state index is 0.105. The number of hydrogen-bond acceptors (Lipinski definition) is 6. The topological polar surface area (TPSA) is 99.8 Å². The van der Waals surface area contributed by atoms with E-state index >= 15 is 4.39 Å². The molecule has 1 aliphatic rings. The molecule has 1 aliphatic heterocycles. The van der Waals surface area contributed by atoms with Gasteiger partial charge in [-0.15, -0.1) is 0 Å². The lowest BCUT2D eigenvalue weighted by Crippen LogP contribution is -2.42. The van der Waals surface area contributed by atoms with Gasteiger partial charge in [0.05, 0.1) is 41.7 Å². The van der Waals surface area contributed by atoms with Crippen molar-refractivity contribution in [2.75, 3.05) is 24.7 Å². The van der Waals surface area contributed by atoms with Crippen molar-refractivity contribution in [2.45, 2.75) is 19.6 Å².